The fraction of sp³-hybridized carbons (Fsp3) is 0.154. The van der Waals surface area contributed by atoms with Crippen molar-refractivity contribution < 1.29 is 0 Å². The molecule has 0 amide bonds. The van der Waals surface area contributed by atoms with Gasteiger partial charge in [0.05, 0.1) is 11.9 Å². The van der Waals surface area contributed by atoms with E-state index >= 15 is 0 Å². The molecule has 0 aliphatic rings. The molecule has 0 unspecified atom stereocenters. The molecule has 2 aromatic rings. The lowest BCUT2D eigenvalue weighted by atomic mass is 10.2. The molecule has 1 aromatic carbocycles. The first-order valence-electron chi connectivity index (χ1n) is 5.14. The number of aromatic nitrogens is 2. The number of allylic oxidation sites excluding steroid dienone is 1. The molecular weight excluding hydrogens is 220 g/mol. The predicted octanol–water partition coefficient (Wildman–Crippen LogP) is 3.43. The van der Waals surface area contributed by atoms with E-state index in [9.17, 15) is 0 Å². The van der Waals surface area contributed by atoms with Gasteiger partial charge in [0.2, 0.25) is 0 Å². The second-order valence-electron chi connectivity index (χ2n) is 3.61. The highest BCUT2D eigenvalue weighted by Crippen LogP contribution is 2.11. The minimum atomic E-state index is 0.523. The van der Waals surface area contributed by atoms with Gasteiger partial charge in [-0.25, -0.2) is 4.68 Å². The van der Waals surface area contributed by atoms with Crippen molar-refractivity contribution in [2.24, 2.45) is 0 Å². The highest BCUT2D eigenvalue weighted by molar-refractivity contribution is 6.19. The van der Waals surface area contributed by atoms with Crippen LogP contribution in [0.2, 0.25) is 0 Å². The average molecular weight is 233 g/mol. The van der Waals surface area contributed by atoms with Gasteiger partial charge in [-0.1, -0.05) is 24.3 Å². The lowest BCUT2D eigenvalue weighted by Crippen LogP contribution is -1.93. The van der Waals surface area contributed by atoms with Gasteiger partial charge in [0.1, 0.15) is 0 Å². The Morgan fingerprint density at radius 1 is 1.44 bits per heavy atom. The van der Waals surface area contributed by atoms with Crippen LogP contribution in [0.4, 0.5) is 0 Å². The maximum Gasteiger partial charge on any atom is 0.0648 e. The second kappa shape index (κ2) is 4.99. The number of alkyl halides is 1. The van der Waals surface area contributed by atoms with Crippen LogP contribution in [0.25, 0.3) is 11.8 Å². The zero-order valence-electron chi connectivity index (χ0n) is 9.10. The van der Waals surface area contributed by atoms with Crippen molar-refractivity contribution in [1.82, 2.24) is 9.78 Å². The summed E-state index contributed by atoms with van der Waals surface area (Å²) in [6.07, 6.45) is 7.68. The SMILES string of the molecule is Cc1cccc(-n2cc(C=CCCl)cn2)c1. The van der Waals surface area contributed by atoms with Crippen molar-refractivity contribution in [3.63, 3.8) is 0 Å². The maximum absolute atomic E-state index is 5.58. The molecule has 0 bridgehead atoms. The van der Waals surface area contributed by atoms with Gasteiger partial charge in [-0.05, 0) is 24.6 Å². The van der Waals surface area contributed by atoms with Gasteiger partial charge < -0.3 is 0 Å². The van der Waals surface area contributed by atoms with Crippen LogP contribution < -0.4 is 0 Å². The van der Waals surface area contributed by atoms with Crippen LogP contribution in [-0.2, 0) is 0 Å². The monoisotopic (exact) mass is 232 g/mol. The quantitative estimate of drug-likeness (QED) is 0.742. The van der Waals surface area contributed by atoms with E-state index in [0.29, 0.717) is 5.88 Å². The number of aryl methyl sites for hydroxylation is 1. The first-order valence-corrected chi connectivity index (χ1v) is 5.67. The molecule has 16 heavy (non-hydrogen) atoms. The highest BCUT2D eigenvalue weighted by atomic mass is 35.5. The van der Waals surface area contributed by atoms with Crippen LogP contribution in [0.5, 0.6) is 0 Å². The molecule has 0 N–H and O–H groups in total. The standard InChI is InChI=1S/C13H13ClN2/c1-11-4-2-6-13(8-11)16-10-12(9-15-16)5-3-7-14/h2-6,8-10H,7H2,1H3. The van der Waals surface area contributed by atoms with Gasteiger partial charge in [0.15, 0.2) is 0 Å². The molecule has 82 valence electrons. The molecule has 2 nitrogen and oxygen atoms in total. The summed E-state index contributed by atoms with van der Waals surface area (Å²) < 4.78 is 1.86. The summed E-state index contributed by atoms with van der Waals surface area (Å²) in [5.74, 6) is 0.523. The summed E-state index contributed by atoms with van der Waals surface area (Å²) in [5.41, 5.74) is 3.36. The maximum atomic E-state index is 5.58. The van der Waals surface area contributed by atoms with E-state index in [0.717, 1.165) is 11.3 Å². The molecule has 1 aromatic heterocycles. The van der Waals surface area contributed by atoms with E-state index < -0.39 is 0 Å². The fourth-order valence-electron chi connectivity index (χ4n) is 1.52. The molecule has 0 aliphatic heterocycles. The van der Waals surface area contributed by atoms with E-state index in [4.69, 9.17) is 11.6 Å². The van der Waals surface area contributed by atoms with Gasteiger partial charge in [-0.15, -0.1) is 11.6 Å². The Morgan fingerprint density at radius 2 is 2.31 bits per heavy atom. The van der Waals surface area contributed by atoms with Crippen molar-refractivity contribution in [1.29, 1.82) is 0 Å². The van der Waals surface area contributed by atoms with E-state index in [-0.39, 0.29) is 0 Å². The summed E-state index contributed by atoms with van der Waals surface area (Å²) in [5, 5.41) is 4.30. The number of rotatable bonds is 3. The lowest BCUT2D eigenvalue weighted by Gasteiger charge is -2.01. The molecule has 0 radical (unpaired) electrons. The van der Waals surface area contributed by atoms with Crippen LogP contribution in [0.3, 0.4) is 0 Å². The van der Waals surface area contributed by atoms with Gasteiger partial charge in [-0.3, -0.25) is 0 Å². The third kappa shape index (κ3) is 2.52. The minimum absolute atomic E-state index is 0.523. The Hall–Kier alpha value is -1.54. The van der Waals surface area contributed by atoms with Crippen LogP contribution in [0.1, 0.15) is 11.1 Å². The fourth-order valence-corrected chi connectivity index (χ4v) is 1.60. The molecule has 0 saturated heterocycles. The van der Waals surface area contributed by atoms with Crippen molar-refractivity contribution >= 4 is 17.7 Å². The summed E-state index contributed by atoms with van der Waals surface area (Å²) in [4.78, 5) is 0. The van der Waals surface area contributed by atoms with Gasteiger partial charge in [-0.2, -0.15) is 5.10 Å². The number of benzene rings is 1. The van der Waals surface area contributed by atoms with E-state index in [1.54, 1.807) is 0 Å². The molecule has 0 aliphatic carbocycles. The molecule has 3 heteroatoms. The van der Waals surface area contributed by atoms with Crippen LogP contribution in [0.15, 0.2) is 42.7 Å². The smallest absolute Gasteiger partial charge is 0.0648 e. The lowest BCUT2D eigenvalue weighted by molar-refractivity contribution is 0.879. The third-order valence-corrected chi connectivity index (χ3v) is 2.45. The van der Waals surface area contributed by atoms with Crippen molar-refractivity contribution in [2.75, 3.05) is 5.88 Å². The van der Waals surface area contributed by atoms with E-state index in [1.165, 1.54) is 5.56 Å². The first kappa shape index (κ1) is 11.0. The van der Waals surface area contributed by atoms with Gasteiger partial charge in [0.25, 0.3) is 0 Å². The predicted molar refractivity (Wildman–Crippen MR) is 68.1 cm³/mol. The van der Waals surface area contributed by atoms with Crippen molar-refractivity contribution in [3.05, 3.63) is 53.9 Å². The summed E-state index contributed by atoms with van der Waals surface area (Å²) in [6, 6.07) is 8.24. The summed E-state index contributed by atoms with van der Waals surface area (Å²) in [6.45, 7) is 2.07. The molecule has 0 fully saturated rings. The zero-order chi connectivity index (χ0) is 11.4. The Labute approximate surface area is 100 Å². The Bertz CT molecular complexity index is 500. The van der Waals surface area contributed by atoms with Crippen molar-refractivity contribution in [2.45, 2.75) is 6.92 Å². The van der Waals surface area contributed by atoms with E-state index in [2.05, 4.69) is 24.2 Å². The number of hydrogen-bond donors (Lipinski definition) is 0. The molecule has 0 spiro atoms. The topological polar surface area (TPSA) is 17.8 Å². The van der Waals surface area contributed by atoms with E-state index in [1.807, 2.05) is 41.4 Å². The summed E-state index contributed by atoms with van der Waals surface area (Å²) in [7, 11) is 0. The molecule has 2 rings (SSSR count). The highest BCUT2D eigenvalue weighted by Gasteiger charge is 1.98. The minimum Gasteiger partial charge on any atom is -0.240 e. The Kier molecular flexibility index (Phi) is 3.42. The number of nitrogens with zero attached hydrogens (tertiary/aromatic N) is 2. The molecule has 0 atom stereocenters. The van der Waals surface area contributed by atoms with Crippen LogP contribution >= 0.6 is 11.6 Å². The van der Waals surface area contributed by atoms with Crippen LogP contribution in [-0.4, -0.2) is 15.7 Å². The molecule has 1 heterocycles. The second-order valence-corrected chi connectivity index (χ2v) is 3.92. The molecule has 0 saturated carbocycles. The normalized spacial score (nSPS) is 11.1. The Balaban J connectivity index is 2.28. The number of halogens is 1. The third-order valence-electron chi connectivity index (χ3n) is 2.27. The van der Waals surface area contributed by atoms with Crippen LogP contribution in [0, 0.1) is 6.92 Å². The van der Waals surface area contributed by atoms with Gasteiger partial charge >= 0.3 is 0 Å². The van der Waals surface area contributed by atoms with Crippen molar-refractivity contribution in [3.8, 4) is 5.69 Å². The molecular formula is C13H13ClN2. The summed E-state index contributed by atoms with van der Waals surface area (Å²) >= 11 is 5.58. The largest absolute Gasteiger partial charge is 0.240 e. The first-order chi connectivity index (χ1) is 7.79. The zero-order valence-corrected chi connectivity index (χ0v) is 9.85. The van der Waals surface area contributed by atoms with Gasteiger partial charge in [0, 0.05) is 17.6 Å². The average Bonchev–Trinajstić information content (AvgIpc) is 2.75. The Morgan fingerprint density at radius 3 is 3.06 bits per heavy atom. The number of hydrogen-bond acceptors (Lipinski definition) is 1.